The first-order valence-electron chi connectivity index (χ1n) is 4.59. The Labute approximate surface area is 101 Å². The minimum atomic E-state index is -2.51. The van der Waals surface area contributed by atoms with Crippen LogP contribution in [0.5, 0.6) is 0 Å². The lowest BCUT2D eigenvalue weighted by Gasteiger charge is -2.19. The van der Waals surface area contributed by atoms with Gasteiger partial charge in [0.15, 0.2) is 5.84 Å². The molecule has 0 unspecified atom stereocenters. The highest BCUT2D eigenvalue weighted by atomic mass is 35.5. The topological polar surface area (TPSA) is 74.7 Å². The second-order valence-corrected chi connectivity index (χ2v) is 3.63. The number of nitrogens with two attached hydrogens (primary N) is 1. The minimum absolute atomic E-state index is 0.0611. The number of alkyl halides is 2. The van der Waals surface area contributed by atoms with Crippen molar-refractivity contribution in [3.63, 3.8) is 0 Å². The summed E-state index contributed by atoms with van der Waals surface area (Å²) in [5, 5.41) is 11.4. The van der Waals surface area contributed by atoms with Gasteiger partial charge in [-0.25, -0.2) is 13.8 Å². The lowest BCUT2D eigenvalue weighted by atomic mass is 10.2. The van der Waals surface area contributed by atoms with Crippen molar-refractivity contribution in [1.82, 2.24) is 4.98 Å². The monoisotopic (exact) mass is 264 g/mol. The molecule has 0 saturated heterocycles. The molecule has 0 aliphatic heterocycles. The van der Waals surface area contributed by atoms with Crippen LogP contribution >= 0.6 is 11.6 Å². The molecule has 0 radical (unpaired) electrons. The van der Waals surface area contributed by atoms with Crippen LogP contribution in [0.2, 0.25) is 5.02 Å². The SMILES string of the molecule is CN(CC(F)F)c1nccc(/C(N)=N/O)c1Cl. The maximum Gasteiger partial charge on any atom is 0.255 e. The van der Waals surface area contributed by atoms with Crippen LogP contribution in [0, 0.1) is 0 Å². The third-order valence-corrected chi connectivity index (χ3v) is 2.40. The smallest absolute Gasteiger partial charge is 0.255 e. The molecule has 94 valence electrons. The molecule has 1 aromatic heterocycles. The molecule has 0 fully saturated rings. The zero-order valence-corrected chi connectivity index (χ0v) is 9.70. The van der Waals surface area contributed by atoms with E-state index in [0.717, 1.165) is 0 Å². The maximum absolute atomic E-state index is 12.2. The number of nitrogens with zero attached hydrogens (tertiary/aromatic N) is 3. The molecule has 0 amide bonds. The molecular formula is C9H11ClF2N4O. The molecule has 17 heavy (non-hydrogen) atoms. The molecule has 3 N–H and O–H groups in total. The molecule has 1 aromatic rings. The third kappa shape index (κ3) is 3.16. The van der Waals surface area contributed by atoms with Crippen molar-refractivity contribution in [3.8, 4) is 0 Å². The quantitative estimate of drug-likeness (QED) is 0.374. The Morgan fingerprint density at radius 2 is 2.35 bits per heavy atom. The molecule has 0 aliphatic rings. The average molecular weight is 265 g/mol. The Morgan fingerprint density at radius 3 is 2.88 bits per heavy atom. The van der Waals surface area contributed by atoms with Crippen LogP contribution < -0.4 is 10.6 Å². The fraction of sp³-hybridized carbons (Fsp3) is 0.333. The number of rotatable bonds is 4. The molecular weight excluding hydrogens is 254 g/mol. The van der Waals surface area contributed by atoms with E-state index in [1.807, 2.05) is 0 Å². The van der Waals surface area contributed by atoms with E-state index in [1.165, 1.54) is 24.2 Å². The summed E-state index contributed by atoms with van der Waals surface area (Å²) in [6.45, 7) is -0.508. The van der Waals surface area contributed by atoms with Gasteiger partial charge in [0.2, 0.25) is 0 Å². The van der Waals surface area contributed by atoms with E-state index in [0.29, 0.717) is 0 Å². The lowest BCUT2D eigenvalue weighted by Crippen LogP contribution is -2.26. The van der Waals surface area contributed by atoms with Gasteiger partial charge in [0.05, 0.1) is 11.6 Å². The highest BCUT2D eigenvalue weighted by Gasteiger charge is 2.16. The normalized spacial score (nSPS) is 11.9. The van der Waals surface area contributed by atoms with Crippen molar-refractivity contribution in [2.75, 3.05) is 18.5 Å². The Balaban J connectivity index is 3.10. The molecule has 0 atom stereocenters. The van der Waals surface area contributed by atoms with Gasteiger partial charge in [-0.1, -0.05) is 16.8 Å². The van der Waals surface area contributed by atoms with Crippen LogP contribution in [0.25, 0.3) is 0 Å². The number of aromatic nitrogens is 1. The lowest BCUT2D eigenvalue weighted by molar-refractivity contribution is 0.156. The minimum Gasteiger partial charge on any atom is -0.409 e. The number of halogens is 3. The predicted octanol–water partition coefficient (Wildman–Crippen LogP) is 1.53. The first-order chi connectivity index (χ1) is 7.97. The van der Waals surface area contributed by atoms with Gasteiger partial charge >= 0.3 is 0 Å². The summed E-state index contributed by atoms with van der Waals surface area (Å²) < 4.78 is 24.5. The van der Waals surface area contributed by atoms with Gasteiger partial charge in [-0.05, 0) is 6.07 Å². The number of hydrogen-bond acceptors (Lipinski definition) is 4. The van der Waals surface area contributed by atoms with Crippen LogP contribution in [0.15, 0.2) is 17.4 Å². The van der Waals surface area contributed by atoms with Crippen molar-refractivity contribution < 1.29 is 14.0 Å². The van der Waals surface area contributed by atoms with Crippen LogP contribution in [-0.4, -0.2) is 36.0 Å². The van der Waals surface area contributed by atoms with E-state index in [2.05, 4.69) is 10.1 Å². The van der Waals surface area contributed by atoms with Crippen molar-refractivity contribution >= 4 is 23.3 Å². The van der Waals surface area contributed by atoms with E-state index in [1.54, 1.807) is 0 Å². The molecule has 0 aliphatic carbocycles. The largest absolute Gasteiger partial charge is 0.409 e. The van der Waals surface area contributed by atoms with Gasteiger partial charge in [-0.2, -0.15) is 0 Å². The Morgan fingerprint density at radius 1 is 1.71 bits per heavy atom. The number of pyridine rings is 1. The average Bonchev–Trinajstić information content (AvgIpc) is 2.27. The first-order valence-corrected chi connectivity index (χ1v) is 4.96. The number of anilines is 1. The molecule has 0 saturated carbocycles. The summed E-state index contributed by atoms with van der Waals surface area (Å²) in [6, 6.07) is 1.43. The van der Waals surface area contributed by atoms with Crippen LogP contribution in [0.3, 0.4) is 0 Å². The standard InChI is InChI=1S/C9H11ClF2N4O/c1-16(4-6(11)12)9-7(10)5(2-3-14-9)8(13)15-17/h2-3,6,17H,4H2,1H3,(H2,13,15). The van der Waals surface area contributed by atoms with Crippen molar-refractivity contribution in [2.24, 2.45) is 10.9 Å². The second-order valence-electron chi connectivity index (χ2n) is 3.25. The Hall–Kier alpha value is -1.63. The predicted molar refractivity (Wildman–Crippen MR) is 61.0 cm³/mol. The van der Waals surface area contributed by atoms with E-state index in [9.17, 15) is 8.78 Å². The van der Waals surface area contributed by atoms with Gasteiger partial charge in [-0.3, -0.25) is 0 Å². The van der Waals surface area contributed by atoms with E-state index >= 15 is 0 Å². The van der Waals surface area contributed by atoms with Gasteiger partial charge in [0.1, 0.15) is 5.82 Å². The van der Waals surface area contributed by atoms with Gasteiger partial charge < -0.3 is 15.8 Å². The molecule has 5 nitrogen and oxygen atoms in total. The van der Waals surface area contributed by atoms with Crippen molar-refractivity contribution in [1.29, 1.82) is 0 Å². The van der Waals surface area contributed by atoms with Crippen molar-refractivity contribution in [2.45, 2.75) is 6.43 Å². The summed E-state index contributed by atoms with van der Waals surface area (Å²) in [5.41, 5.74) is 5.62. The molecule has 0 aromatic carbocycles. The summed E-state index contributed by atoms with van der Waals surface area (Å²) in [5.74, 6) is -0.0554. The molecule has 0 bridgehead atoms. The number of hydrogen-bond donors (Lipinski definition) is 2. The van der Waals surface area contributed by atoms with E-state index in [-0.39, 0.29) is 22.2 Å². The zero-order chi connectivity index (χ0) is 13.0. The second kappa shape index (κ2) is 5.62. The number of amidine groups is 1. The summed E-state index contributed by atoms with van der Waals surface area (Å²) >= 11 is 5.94. The van der Waals surface area contributed by atoms with Crippen LogP contribution in [0.4, 0.5) is 14.6 Å². The molecule has 1 heterocycles. The number of oxime groups is 1. The summed E-state index contributed by atoms with van der Waals surface area (Å²) in [6.07, 6.45) is -1.17. The highest BCUT2D eigenvalue weighted by Crippen LogP contribution is 2.26. The first kappa shape index (κ1) is 13.4. The van der Waals surface area contributed by atoms with Crippen molar-refractivity contribution in [3.05, 3.63) is 22.8 Å². The van der Waals surface area contributed by atoms with Gasteiger partial charge in [0.25, 0.3) is 6.43 Å². The summed E-state index contributed by atoms with van der Waals surface area (Å²) in [4.78, 5) is 5.07. The Kier molecular flexibility index (Phi) is 4.45. The molecule has 8 heteroatoms. The fourth-order valence-corrected chi connectivity index (χ4v) is 1.60. The molecule has 1 rings (SSSR count). The Bertz CT molecular complexity index is 427. The highest BCUT2D eigenvalue weighted by molar-refractivity contribution is 6.36. The van der Waals surface area contributed by atoms with Gasteiger partial charge in [0, 0.05) is 18.8 Å². The summed E-state index contributed by atoms with van der Waals surface area (Å²) in [7, 11) is 1.43. The zero-order valence-electron chi connectivity index (χ0n) is 8.94. The fourth-order valence-electron chi connectivity index (χ4n) is 1.24. The third-order valence-electron chi connectivity index (χ3n) is 2.03. The van der Waals surface area contributed by atoms with Crippen LogP contribution in [0.1, 0.15) is 5.56 Å². The van der Waals surface area contributed by atoms with Gasteiger partial charge in [-0.15, -0.1) is 0 Å². The van der Waals surface area contributed by atoms with Crippen LogP contribution in [-0.2, 0) is 0 Å². The van der Waals surface area contributed by atoms with E-state index in [4.69, 9.17) is 22.5 Å². The maximum atomic E-state index is 12.2. The van der Waals surface area contributed by atoms with E-state index < -0.39 is 13.0 Å². The molecule has 0 spiro atoms.